The van der Waals surface area contributed by atoms with Crippen LogP contribution in [0.1, 0.15) is 1.43 Å². The summed E-state index contributed by atoms with van der Waals surface area (Å²) in [7, 11) is -2.87. The molecule has 0 saturated carbocycles. The van der Waals surface area contributed by atoms with Crippen LogP contribution < -0.4 is 33.7 Å². The van der Waals surface area contributed by atoms with Crippen LogP contribution in [0.2, 0.25) is 0 Å². The molecule has 0 unspecified atom stereocenters. The Morgan fingerprint density at radius 1 is 1.15 bits per heavy atom. The van der Waals surface area contributed by atoms with Gasteiger partial charge in [-0.25, -0.2) is 0 Å². The molecule has 2 nitrogen and oxygen atoms in total. The van der Waals surface area contributed by atoms with E-state index < -0.39 is 9.35 Å². The van der Waals surface area contributed by atoms with Crippen molar-refractivity contribution in [3.05, 3.63) is 30.3 Å². The summed E-state index contributed by atoms with van der Waals surface area (Å²) in [5.74, 6) is 0.655. The predicted molar refractivity (Wildman–Crippen MR) is 54.1 cm³/mol. The molecule has 1 aromatic rings. The van der Waals surface area contributed by atoms with Crippen molar-refractivity contribution in [3.8, 4) is 5.75 Å². The summed E-state index contributed by atoms with van der Waals surface area (Å²) in [5.41, 5.74) is 0. The quantitative estimate of drug-likeness (QED) is 0.574. The molecule has 0 atom stereocenters. The molecule has 0 aromatic heterocycles. The molecule has 0 aliphatic heterocycles. The Hall–Kier alpha value is 0.170. The van der Waals surface area contributed by atoms with Gasteiger partial charge in [0.05, 0.1) is 0 Å². The maximum Gasteiger partial charge on any atom is 1.00 e. The average Bonchev–Trinajstić information content (AvgIpc) is 1.83. The Labute approximate surface area is 103 Å². The third-order valence-corrected chi connectivity index (χ3v) is 1.88. The van der Waals surface area contributed by atoms with Gasteiger partial charge in [-0.15, -0.1) is 0 Å². The third-order valence-electron chi connectivity index (χ3n) is 1.12. The van der Waals surface area contributed by atoms with E-state index in [0.29, 0.717) is 5.75 Å². The Bertz CT molecular complexity index is 323. The minimum Gasteiger partial charge on any atom is -1.00 e. The molecule has 4 heteroatoms. The van der Waals surface area contributed by atoms with Crippen molar-refractivity contribution in [3.63, 3.8) is 0 Å². The summed E-state index contributed by atoms with van der Waals surface area (Å²) in [6, 6.07) is 9.20. The van der Waals surface area contributed by atoms with E-state index in [9.17, 15) is 4.21 Å². The van der Waals surface area contributed by atoms with Crippen molar-refractivity contribution in [2.24, 2.45) is 0 Å². The molecular weight excluding hydrogens is 195 g/mol. The van der Waals surface area contributed by atoms with Gasteiger partial charge in [-0.1, -0.05) is 18.2 Å². The van der Waals surface area contributed by atoms with Crippen LogP contribution >= 0.6 is 0 Å². The van der Waals surface area contributed by atoms with Crippen LogP contribution in [0.25, 0.3) is 0 Å². The van der Waals surface area contributed by atoms with Crippen LogP contribution in [0.3, 0.4) is 0 Å². The van der Waals surface area contributed by atoms with Crippen molar-refractivity contribution in [1.29, 1.82) is 0 Å². The van der Waals surface area contributed by atoms with E-state index in [1.807, 2.05) is 18.2 Å². The van der Waals surface area contributed by atoms with E-state index in [-0.39, 0.29) is 31.0 Å². The van der Waals surface area contributed by atoms with Crippen LogP contribution in [0.4, 0.5) is 0 Å². The molecule has 1 rings (SSSR count). The number of hydrogen-bond acceptors (Lipinski definition) is 2. The van der Waals surface area contributed by atoms with Crippen LogP contribution in [0, 0.1) is 0 Å². The molecule has 0 radical (unpaired) electrons. The first kappa shape index (κ1) is 13.2. The summed E-state index contributed by atoms with van der Waals surface area (Å²) in [6.07, 6.45) is 4.85. The second-order valence-electron chi connectivity index (χ2n) is 3.69. The van der Waals surface area contributed by atoms with Crippen molar-refractivity contribution in [2.75, 3.05) is 18.8 Å². The molecule has 0 heterocycles. The molecule has 0 amide bonds. The van der Waals surface area contributed by atoms with Gasteiger partial charge in [-0.05, 0) is 12.1 Å². The molecule has 0 fully saturated rings. The topological polar surface area (TPSA) is 26.3 Å². The zero-order valence-corrected chi connectivity index (χ0v) is 11.4. The largest absolute Gasteiger partial charge is 1.00 e. The van der Waals surface area contributed by atoms with E-state index in [4.69, 9.17) is 4.18 Å². The number of rotatable bonds is 2. The minimum absolute atomic E-state index is 0. The maximum absolute atomic E-state index is 11.7. The first-order valence-corrected chi connectivity index (χ1v) is 6.79. The van der Waals surface area contributed by atoms with Gasteiger partial charge in [-0.3, -0.25) is 0 Å². The monoisotopic (exact) mass is 210 g/mol. The number of hydrogen-bond donors (Lipinski definition) is 0. The normalized spacial score (nSPS) is 13.6. The summed E-state index contributed by atoms with van der Waals surface area (Å²) in [5, 5.41) is 0. The summed E-state index contributed by atoms with van der Waals surface area (Å²) >= 11 is 0. The smallest absolute Gasteiger partial charge is 1.00 e. The summed E-state index contributed by atoms with van der Waals surface area (Å²) in [4.78, 5) is 0. The zero-order valence-electron chi connectivity index (χ0n) is 9.61. The zero-order chi connectivity index (χ0) is 9.27. The van der Waals surface area contributed by atoms with Gasteiger partial charge in [0.25, 0.3) is 0 Å². The fourth-order valence-corrected chi connectivity index (χ4v) is 1.57. The molecule has 0 N–H and O–H groups in total. The second-order valence-corrected chi connectivity index (χ2v) is 8.44. The Morgan fingerprint density at radius 3 is 2.00 bits per heavy atom. The Balaban J connectivity index is 0. The molecule has 1 aromatic carbocycles. The van der Waals surface area contributed by atoms with E-state index in [2.05, 4.69) is 0 Å². The van der Waals surface area contributed by atoms with Crippen molar-refractivity contribution in [2.45, 2.75) is 0 Å². The Kier molecular flexibility index (Phi) is 4.19. The standard InChI is InChI=1S/C9H14O2S.Na.H/c1-12(2,3,10)11-9-7-5-4-6-8-9;;/h4-8H,1-3H3;;/q;+1;-1. The van der Waals surface area contributed by atoms with E-state index >= 15 is 0 Å². The van der Waals surface area contributed by atoms with E-state index in [1.165, 1.54) is 0 Å². The van der Waals surface area contributed by atoms with E-state index in [0.717, 1.165) is 0 Å². The second kappa shape index (κ2) is 4.13. The van der Waals surface area contributed by atoms with Gasteiger partial charge in [0.2, 0.25) is 0 Å². The molecular formula is C9H15NaO2S. The fourth-order valence-electron chi connectivity index (χ4n) is 0.804. The summed E-state index contributed by atoms with van der Waals surface area (Å²) in [6.45, 7) is 0. The van der Waals surface area contributed by atoms with Crippen molar-refractivity contribution >= 4 is 9.35 Å². The fraction of sp³-hybridized carbons (Fsp3) is 0.333. The van der Waals surface area contributed by atoms with Crippen LogP contribution in [-0.2, 0) is 9.35 Å². The molecule has 13 heavy (non-hydrogen) atoms. The van der Waals surface area contributed by atoms with Crippen LogP contribution in [0.15, 0.2) is 30.3 Å². The predicted octanol–water partition coefficient (Wildman–Crippen LogP) is -1.19. The maximum atomic E-state index is 11.7. The van der Waals surface area contributed by atoms with Crippen molar-refractivity contribution in [1.82, 2.24) is 0 Å². The molecule has 0 aliphatic rings. The average molecular weight is 210 g/mol. The number of benzene rings is 1. The molecule has 0 saturated heterocycles. The van der Waals surface area contributed by atoms with E-state index in [1.54, 1.807) is 30.9 Å². The minimum atomic E-state index is -2.87. The first-order valence-electron chi connectivity index (χ1n) is 3.67. The van der Waals surface area contributed by atoms with Crippen LogP contribution in [-0.4, -0.2) is 23.0 Å². The van der Waals surface area contributed by atoms with Gasteiger partial charge in [-0.2, -0.15) is 13.6 Å². The molecule has 0 aliphatic carbocycles. The molecule has 70 valence electrons. The van der Waals surface area contributed by atoms with Gasteiger partial charge >= 0.3 is 29.6 Å². The van der Waals surface area contributed by atoms with Gasteiger partial charge in [0.1, 0.15) is 5.75 Å². The van der Waals surface area contributed by atoms with Crippen LogP contribution in [0.5, 0.6) is 5.75 Å². The molecule has 0 spiro atoms. The van der Waals surface area contributed by atoms with Gasteiger partial charge in [0.15, 0.2) is 0 Å². The summed E-state index contributed by atoms with van der Waals surface area (Å²) < 4.78 is 17.1. The number of para-hydroxylation sites is 1. The third kappa shape index (κ3) is 6.27. The Morgan fingerprint density at radius 2 is 1.62 bits per heavy atom. The van der Waals surface area contributed by atoms with Gasteiger partial charge < -0.3 is 5.61 Å². The molecule has 0 bridgehead atoms. The van der Waals surface area contributed by atoms with Crippen molar-refractivity contribution < 1.29 is 39.4 Å². The first-order chi connectivity index (χ1) is 5.33. The van der Waals surface area contributed by atoms with Gasteiger partial charge in [0, 0.05) is 18.8 Å². The SMILES string of the molecule is CS(C)(C)(=O)Oc1ccccc1.[H-].[Na+].